The van der Waals surface area contributed by atoms with E-state index in [1.54, 1.807) is 0 Å². The van der Waals surface area contributed by atoms with E-state index in [1.165, 1.54) is 37.5 Å². The Morgan fingerprint density at radius 2 is 1.56 bits per heavy atom. The van der Waals surface area contributed by atoms with Crippen LogP contribution >= 0.6 is 0 Å². The fourth-order valence-corrected chi connectivity index (χ4v) is 10.9. The molecular weight excluding hydrogens is 396 g/mol. The molecule has 180 valence electrons. The van der Waals surface area contributed by atoms with Gasteiger partial charge in [-0.05, 0) is 117 Å². The molecule has 0 aromatic carbocycles. The predicted octanol–water partition coefficient (Wildman–Crippen LogP) is 5.79. The quantitative estimate of drug-likeness (QED) is 0.430. The van der Waals surface area contributed by atoms with Gasteiger partial charge in [-0.15, -0.1) is 0 Å². The summed E-state index contributed by atoms with van der Waals surface area (Å²) in [5.41, 5.74) is 1.33. The second-order valence-electron chi connectivity index (χ2n) is 13.6. The Bertz CT molecular complexity index is 791. The van der Waals surface area contributed by atoms with Crippen molar-refractivity contribution in [3.63, 3.8) is 0 Å². The minimum atomic E-state index is -0.383. The summed E-state index contributed by atoms with van der Waals surface area (Å²) < 4.78 is 0. The molecule has 0 aromatic heterocycles. The smallest absolute Gasteiger partial charge is 0.126 e. The first-order valence-corrected chi connectivity index (χ1v) is 13.5. The van der Waals surface area contributed by atoms with Crippen molar-refractivity contribution in [2.75, 3.05) is 6.61 Å². The van der Waals surface area contributed by atoms with Crippen LogP contribution in [0.1, 0.15) is 91.9 Å². The molecule has 0 radical (unpaired) electrons. The van der Waals surface area contributed by atoms with Crippen molar-refractivity contribution in [3.05, 3.63) is 12.2 Å². The summed E-state index contributed by atoms with van der Waals surface area (Å²) in [5.74, 6) is 3.41. The van der Waals surface area contributed by atoms with Crippen LogP contribution in [0.15, 0.2) is 12.2 Å². The Hall–Kier alpha value is -0.670. The maximum Gasteiger partial charge on any atom is 0.126 e. The molecule has 11 unspecified atom stereocenters. The zero-order valence-electron chi connectivity index (χ0n) is 20.9. The fraction of sp³-hybridized carbons (Fsp3) is 0.897. The van der Waals surface area contributed by atoms with E-state index < -0.39 is 0 Å². The van der Waals surface area contributed by atoms with Crippen LogP contribution in [0.5, 0.6) is 0 Å². The number of hydrogen-bond donors (Lipinski definition) is 2. The Kier molecular flexibility index (Phi) is 5.35. The van der Waals surface area contributed by atoms with Crippen molar-refractivity contribution in [3.8, 4) is 0 Å². The minimum absolute atomic E-state index is 0.0932. The number of aliphatic hydroxyl groups excluding tert-OH is 2. The summed E-state index contributed by atoms with van der Waals surface area (Å²) in [6.07, 6.45) is 12.2. The Balaban J connectivity index is 1.50. The lowest BCUT2D eigenvalue weighted by atomic mass is 9.36. The first-order chi connectivity index (χ1) is 15.1. The largest absolute Gasteiger partial charge is 0.396 e. The van der Waals surface area contributed by atoms with E-state index in [0.717, 1.165) is 38.5 Å². The van der Waals surface area contributed by atoms with Gasteiger partial charge in [-0.25, -0.2) is 0 Å². The molecule has 0 amide bonds. The minimum Gasteiger partial charge on any atom is -0.396 e. The molecule has 0 heterocycles. The van der Waals surface area contributed by atoms with Gasteiger partial charge in [0.1, 0.15) is 6.29 Å². The van der Waals surface area contributed by atoms with Crippen molar-refractivity contribution in [2.45, 2.75) is 98.0 Å². The molecule has 5 aliphatic carbocycles. The fourth-order valence-electron chi connectivity index (χ4n) is 10.9. The van der Waals surface area contributed by atoms with Gasteiger partial charge in [0, 0.05) is 10.8 Å². The van der Waals surface area contributed by atoms with Gasteiger partial charge in [0.15, 0.2) is 0 Å². The van der Waals surface area contributed by atoms with Crippen LogP contribution in [0, 0.1) is 57.2 Å². The molecule has 5 rings (SSSR count). The molecule has 0 aliphatic heterocycles. The van der Waals surface area contributed by atoms with Crippen molar-refractivity contribution >= 4 is 6.29 Å². The lowest BCUT2D eigenvalue weighted by molar-refractivity contribution is -0.216. The van der Waals surface area contributed by atoms with Crippen LogP contribution in [0.25, 0.3) is 0 Å². The lowest BCUT2D eigenvalue weighted by Gasteiger charge is -2.68. The van der Waals surface area contributed by atoms with Gasteiger partial charge < -0.3 is 15.0 Å². The van der Waals surface area contributed by atoms with Crippen LogP contribution in [0.3, 0.4) is 0 Å². The average Bonchev–Trinajstić information content (AvgIpc) is 3.17. The number of carbonyl (C=O) groups is 1. The average molecular weight is 443 g/mol. The van der Waals surface area contributed by atoms with E-state index in [0.29, 0.717) is 40.9 Å². The third-order valence-electron chi connectivity index (χ3n) is 12.7. The van der Waals surface area contributed by atoms with Crippen molar-refractivity contribution in [1.82, 2.24) is 0 Å². The second kappa shape index (κ2) is 7.41. The van der Waals surface area contributed by atoms with Gasteiger partial charge in [0.05, 0.1) is 12.7 Å². The zero-order chi connectivity index (χ0) is 23.1. The van der Waals surface area contributed by atoms with Crippen molar-refractivity contribution in [2.24, 2.45) is 57.2 Å². The van der Waals surface area contributed by atoms with Crippen LogP contribution in [0.2, 0.25) is 0 Å². The van der Waals surface area contributed by atoms with Gasteiger partial charge in [-0.1, -0.05) is 32.9 Å². The van der Waals surface area contributed by atoms with Crippen molar-refractivity contribution in [1.29, 1.82) is 0 Å². The molecule has 0 bridgehead atoms. The van der Waals surface area contributed by atoms with Gasteiger partial charge in [-0.2, -0.15) is 0 Å². The van der Waals surface area contributed by atoms with Crippen LogP contribution in [-0.2, 0) is 4.79 Å². The zero-order valence-corrected chi connectivity index (χ0v) is 20.9. The highest BCUT2D eigenvalue weighted by atomic mass is 16.3. The molecule has 5 fully saturated rings. The van der Waals surface area contributed by atoms with Crippen molar-refractivity contribution < 1.29 is 15.0 Å². The number of carbonyl (C=O) groups excluding carboxylic acids is 1. The molecule has 2 N–H and O–H groups in total. The third-order valence-corrected chi connectivity index (χ3v) is 12.7. The highest BCUT2D eigenvalue weighted by Gasteiger charge is 2.67. The van der Waals surface area contributed by atoms with Crippen LogP contribution in [0.4, 0.5) is 0 Å². The molecule has 0 aromatic rings. The highest BCUT2D eigenvalue weighted by Crippen LogP contribution is 2.73. The summed E-state index contributed by atoms with van der Waals surface area (Å²) in [6.45, 7) is 13.9. The Morgan fingerprint density at radius 3 is 2.22 bits per heavy atom. The maximum absolute atomic E-state index is 12.5. The van der Waals surface area contributed by atoms with Crippen LogP contribution < -0.4 is 0 Å². The molecule has 5 saturated carbocycles. The second-order valence-corrected chi connectivity index (χ2v) is 13.6. The number of hydrogen-bond acceptors (Lipinski definition) is 3. The van der Waals surface area contributed by atoms with E-state index in [9.17, 15) is 15.0 Å². The molecular formula is C29H46O3. The number of aliphatic hydroxyl groups is 2. The summed E-state index contributed by atoms with van der Waals surface area (Å²) in [4.78, 5) is 12.5. The molecule has 32 heavy (non-hydrogen) atoms. The summed E-state index contributed by atoms with van der Waals surface area (Å²) in [5, 5.41) is 21.2. The van der Waals surface area contributed by atoms with E-state index in [4.69, 9.17) is 0 Å². The van der Waals surface area contributed by atoms with Gasteiger partial charge in [0.2, 0.25) is 0 Å². The topological polar surface area (TPSA) is 57.5 Å². The van der Waals surface area contributed by atoms with E-state index in [1.807, 2.05) is 0 Å². The number of aldehydes is 1. The summed E-state index contributed by atoms with van der Waals surface area (Å²) in [7, 11) is 0. The molecule has 11 atom stereocenters. The number of allylic oxidation sites excluding steroid dienone is 1. The van der Waals surface area contributed by atoms with E-state index in [2.05, 4.69) is 34.3 Å². The predicted molar refractivity (Wildman–Crippen MR) is 128 cm³/mol. The Labute approximate surface area is 195 Å². The monoisotopic (exact) mass is 442 g/mol. The molecule has 3 heteroatoms. The maximum atomic E-state index is 12.5. The summed E-state index contributed by atoms with van der Waals surface area (Å²) >= 11 is 0. The Morgan fingerprint density at radius 1 is 0.906 bits per heavy atom. The molecule has 3 nitrogen and oxygen atoms in total. The first kappa shape index (κ1) is 23.1. The van der Waals surface area contributed by atoms with Gasteiger partial charge in [-0.3, -0.25) is 0 Å². The number of rotatable bonds is 3. The van der Waals surface area contributed by atoms with Crippen LogP contribution in [-0.4, -0.2) is 29.2 Å². The lowest BCUT2D eigenvalue weighted by Crippen LogP contribution is -2.63. The standard InChI is InChI=1S/C29H46O3/c1-18(2)19-10-13-29(17-31)15-14-26(3)20-8-9-23-27(4,12-11-24(32)28(23,5)16-30)21(20)6-7-22(26)25(19)29/h17,19-25,30,32H,1,6-16H2,2-5H3. The first-order valence-electron chi connectivity index (χ1n) is 13.5. The molecule has 0 spiro atoms. The third kappa shape index (κ3) is 2.76. The summed E-state index contributed by atoms with van der Waals surface area (Å²) in [6, 6.07) is 0. The van der Waals surface area contributed by atoms with Gasteiger partial charge in [0.25, 0.3) is 0 Å². The highest BCUT2D eigenvalue weighted by molar-refractivity contribution is 5.62. The van der Waals surface area contributed by atoms with Gasteiger partial charge >= 0.3 is 0 Å². The number of fused-ring (bicyclic) bond motifs is 7. The van der Waals surface area contributed by atoms with E-state index in [-0.39, 0.29) is 29.0 Å². The normalized spacial score (nSPS) is 57.0. The van der Waals surface area contributed by atoms with E-state index >= 15 is 0 Å². The molecule has 5 aliphatic rings. The molecule has 0 saturated heterocycles. The SMILES string of the molecule is C=C(C)C1CCC2(C=O)CCC3(C)C(CCC4C3CCC3C(C)(CO)C(O)CCC43C)C12.